The smallest absolute Gasteiger partial charge is 0.135 e. The number of halogens is 1. The molecular weight excluding hydrogens is 390 g/mol. The molecule has 0 aliphatic carbocycles. The average molecular weight is 406 g/mol. The topological polar surface area (TPSA) is 86.4 Å². The SMILES string of the molecule is COCc1nnn2c1Cc1c(C#Cc3cnc(C)[nH]3)ncn1-c1ccc(Cl)cc1-2. The number of methoxy groups -OCH3 is 1. The third-order valence-electron chi connectivity index (χ3n) is 4.77. The van der Waals surface area contributed by atoms with Gasteiger partial charge in [0, 0.05) is 18.6 Å². The number of fused-ring (bicyclic) bond motifs is 5. The molecule has 0 saturated heterocycles. The van der Waals surface area contributed by atoms with Gasteiger partial charge in [-0.15, -0.1) is 5.10 Å². The van der Waals surface area contributed by atoms with Gasteiger partial charge in [0.2, 0.25) is 0 Å². The number of nitrogens with zero attached hydrogens (tertiary/aromatic N) is 6. The van der Waals surface area contributed by atoms with Gasteiger partial charge in [-0.05, 0) is 37.0 Å². The molecule has 9 heteroatoms. The lowest BCUT2D eigenvalue weighted by molar-refractivity contribution is 0.180. The molecule has 4 heterocycles. The lowest BCUT2D eigenvalue weighted by atomic mass is 10.1. The van der Waals surface area contributed by atoms with Crippen molar-refractivity contribution in [3.05, 3.63) is 70.0 Å². The van der Waals surface area contributed by atoms with E-state index in [1.54, 1.807) is 19.6 Å². The lowest BCUT2D eigenvalue weighted by Gasteiger charge is -2.09. The van der Waals surface area contributed by atoms with Crippen molar-refractivity contribution in [2.75, 3.05) is 7.11 Å². The van der Waals surface area contributed by atoms with E-state index in [1.165, 1.54) is 0 Å². The van der Waals surface area contributed by atoms with Crippen LogP contribution in [0.2, 0.25) is 5.02 Å². The number of hydrogen-bond donors (Lipinski definition) is 1. The first-order valence-electron chi connectivity index (χ1n) is 8.96. The van der Waals surface area contributed by atoms with Crippen LogP contribution in [0.1, 0.15) is 34.3 Å². The molecule has 0 atom stereocenters. The van der Waals surface area contributed by atoms with Gasteiger partial charge in [-0.2, -0.15) is 0 Å². The van der Waals surface area contributed by atoms with Gasteiger partial charge >= 0.3 is 0 Å². The van der Waals surface area contributed by atoms with Crippen molar-refractivity contribution in [1.82, 2.24) is 34.5 Å². The van der Waals surface area contributed by atoms with Gasteiger partial charge in [-0.25, -0.2) is 14.6 Å². The number of imidazole rings is 2. The molecule has 0 unspecified atom stereocenters. The van der Waals surface area contributed by atoms with E-state index >= 15 is 0 Å². The third kappa shape index (κ3) is 3.01. The summed E-state index contributed by atoms with van der Waals surface area (Å²) in [6, 6.07) is 5.67. The highest BCUT2D eigenvalue weighted by atomic mass is 35.5. The highest BCUT2D eigenvalue weighted by Crippen LogP contribution is 2.31. The van der Waals surface area contributed by atoms with E-state index in [2.05, 4.69) is 37.1 Å². The summed E-state index contributed by atoms with van der Waals surface area (Å²) in [5.41, 5.74) is 5.84. The lowest BCUT2D eigenvalue weighted by Crippen LogP contribution is -2.04. The molecule has 5 rings (SSSR count). The fourth-order valence-corrected chi connectivity index (χ4v) is 3.61. The summed E-state index contributed by atoms with van der Waals surface area (Å²) < 4.78 is 9.15. The second kappa shape index (κ2) is 6.88. The van der Waals surface area contributed by atoms with Crippen molar-refractivity contribution < 1.29 is 4.74 Å². The van der Waals surface area contributed by atoms with Crippen molar-refractivity contribution in [3.8, 4) is 23.2 Å². The molecule has 0 radical (unpaired) electrons. The Balaban J connectivity index is 1.69. The number of ether oxygens (including phenoxy) is 1. The molecule has 4 aromatic rings. The molecule has 0 spiro atoms. The highest BCUT2D eigenvalue weighted by molar-refractivity contribution is 6.30. The molecule has 3 aromatic heterocycles. The summed E-state index contributed by atoms with van der Waals surface area (Å²) in [7, 11) is 1.64. The van der Waals surface area contributed by atoms with Gasteiger partial charge in [0.1, 0.15) is 29.2 Å². The molecule has 1 aromatic carbocycles. The zero-order valence-electron chi connectivity index (χ0n) is 15.8. The average Bonchev–Trinajstić information content (AvgIpc) is 3.39. The maximum absolute atomic E-state index is 6.27. The van der Waals surface area contributed by atoms with E-state index in [1.807, 2.05) is 34.4 Å². The van der Waals surface area contributed by atoms with Crippen LogP contribution in [0, 0.1) is 18.8 Å². The molecule has 1 aliphatic heterocycles. The van der Waals surface area contributed by atoms with Crippen molar-refractivity contribution in [3.63, 3.8) is 0 Å². The summed E-state index contributed by atoms with van der Waals surface area (Å²) in [6.45, 7) is 2.26. The number of aromatic nitrogens is 7. The van der Waals surface area contributed by atoms with Crippen molar-refractivity contribution >= 4 is 11.6 Å². The first-order chi connectivity index (χ1) is 14.1. The normalized spacial score (nSPS) is 11.8. The number of hydrogen-bond acceptors (Lipinski definition) is 5. The Morgan fingerprint density at radius 1 is 1.21 bits per heavy atom. The zero-order chi connectivity index (χ0) is 20.0. The second-order valence-corrected chi connectivity index (χ2v) is 7.12. The van der Waals surface area contributed by atoms with E-state index in [4.69, 9.17) is 16.3 Å². The second-order valence-electron chi connectivity index (χ2n) is 6.68. The fraction of sp³-hybridized carbons (Fsp3) is 0.200. The predicted molar refractivity (Wildman–Crippen MR) is 106 cm³/mol. The van der Waals surface area contributed by atoms with Crippen LogP contribution in [0.25, 0.3) is 11.4 Å². The highest BCUT2D eigenvalue weighted by Gasteiger charge is 2.25. The first-order valence-corrected chi connectivity index (χ1v) is 9.34. The van der Waals surface area contributed by atoms with Gasteiger partial charge in [0.05, 0.1) is 35.6 Å². The number of rotatable bonds is 2. The minimum atomic E-state index is 0.369. The van der Waals surface area contributed by atoms with E-state index in [-0.39, 0.29) is 0 Å². The van der Waals surface area contributed by atoms with Crippen LogP contribution < -0.4 is 0 Å². The Labute approximate surface area is 171 Å². The van der Waals surface area contributed by atoms with Crippen molar-refractivity contribution in [1.29, 1.82) is 0 Å². The van der Waals surface area contributed by atoms with Crippen LogP contribution in [-0.4, -0.2) is 41.6 Å². The number of H-pyrrole nitrogens is 1. The van der Waals surface area contributed by atoms with E-state index < -0.39 is 0 Å². The Morgan fingerprint density at radius 3 is 2.90 bits per heavy atom. The predicted octanol–water partition coefficient (Wildman–Crippen LogP) is 2.59. The van der Waals surface area contributed by atoms with E-state index in [0.717, 1.165) is 40.0 Å². The molecule has 29 heavy (non-hydrogen) atoms. The number of benzene rings is 1. The van der Waals surface area contributed by atoms with E-state index in [9.17, 15) is 0 Å². The zero-order valence-corrected chi connectivity index (χ0v) is 16.5. The summed E-state index contributed by atoms with van der Waals surface area (Å²) >= 11 is 6.27. The van der Waals surface area contributed by atoms with Crippen LogP contribution in [0.3, 0.4) is 0 Å². The quantitative estimate of drug-likeness (QED) is 0.456. The number of aromatic amines is 1. The third-order valence-corrected chi connectivity index (χ3v) is 5.00. The molecule has 0 bridgehead atoms. The number of aryl methyl sites for hydroxylation is 1. The maximum atomic E-state index is 6.27. The Kier molecular flexibility index (Phi) is 4.19. The van der Waals surface area contributed by atoms with Gasteiger partial charge in [0.15, 0.2) is 0 Å². The van der Waals surface area contributed by atoms with Crippen LogP contribution >= 0.6 is 11.6 Å². The summed E-state index contributed by atoms with van der Waals surface area (Å²) in [5.74, 6) is 7.09. The summed E-state index contributed by atoms with van der Waals surface area (Å²) in [5, 5.41) is 9.28. The van der Waals surface area contributed by atoms with Crippen LogP contribution in [-0.2, 0) is 17.8 Å². The fourth-order valence-electron chi connectivity index (χ4n) is 3.45. The van der Waals surface area contributed by atoms with Crippen LogP contribution in [0.5, 0.6) is 0 Å². The molecule has 1 N–H and O–H groups in total. The van der Waals surface area contributed by atoms with Crippen molar-refractivity contribution in [2.45, 2.75) is 20.0 Å². The molecule has 1 aliphatic rings. The Hall–Kier alpha value is -3.41. The monoisotopic (exact) mass is 405 g/mol. The van der Waals surface area contributed by atoms with Crippen LogP contribution in [0.15, 0.2) is 30.7 Å². The maximum Gasteiger partial charge on any atom is 0.135 e. The van der Waals surface area contributed by atoms with Gasteiger partial charge in [-0.1, -0.05) is 16.8 Å². The van der Waals surface area contributed by atoms with Gasteiger partial charge < -0.3 is 9.72 Å². The minimum absolute atomic E-state index is 0.369. The Morgan fingerprint density at radius 2 is 2.10 bits per heavy atom. The standard InChI is InChI=1S/C20H16ClN7O/c1-12-22-9-14(24-12)4-5-15-18-8-19-16(10-29-2)25-26-28(19)20-7-13(21)3-6-17(20)27(18)11-23-15/h3,6-7,9,11H,8,10H2,1-2H3,(H,22,24). The molecule has 0 fully saturated rings. The van der Waals surface area contributed by atoms with E-state index in [0.29, 0.717) is 23.7 Å². The summed E-state index contributed by atoms with van der Waals surface area (Å²) in [4.78, 5) is 11.9. The Bertz CT molecular complexity index is 1290. The van der Waals surface area contributed by atoms with Crippen molar-refractivity contribution in [2.24, 2.45) is 0 Å². The molecule has 144 valence electrons. The first kappa shape index (κ1) is 17.7. The van der Waals surface area contributed by atoms with Crippen LogP contribution in [0.4, 0.5) is 0 Å². The molecular formula is C20H16ClN7O. The largest absolute Gasteiger partial charge is 0.378 e. The van der Waals surface area contributed by atoms with Gasteiger partial charge in [0.25, 0.3) is 0 Å². The number of nitrogens with one attached hydrogen (secondary N) is 1. The van der Waals surface area contributed by atoms with Gasteiger partial charge in [-0.3, -0.25) is 4.57 Å². The molecule has 0 amide bonds. The molecule has 0 saturated carbocycles. The molecule has 8 nitrogen and oxygen atoms in total. The summed E-state index contributed by atoms with van der Waals surface area (Å²) in [6.07, 6.45) is 4.05. The minimum Gasteiger partial charge on any atom is -0.378 e.